The molecule has 0 unspecified atom stereocenters. The molecule has 3 aromatic carbocycles. The van der Waals surface area contributed by atoms with Crippen LogP contribution in [0.3, 0.4) is 0 Å². The summed E-state index contributed by atoms with van der Waals surface area (Å²) < 4.78 is 19.6. The van der Waals surface area contributed by atoms with Crippen LogP contribution in [0.4, 0.5) is 15.8 Å². The second kappa shape index (κ2) is 8.34. The molecule has 1 N–H and O–H groups in total. The van der Waals surface area contributed by atoms with Gasteiger partial charge in [-0.1, -0.05) is 41.4 Å². The van der Waals surface area contributed by atoms with Gasteiger partial charge in [0.05, 0.1) is 22.3 Å². The summed E-state index contributed by atoms with van der Waals surface area (Å²) in [5, 5.41) is 3.39. The van der Waals surface area contributed by atoms with E-state index >= 15 is 0 Å². The maximum Gasteiger partial charge on any atom is 0.265 e. The summed E-state index contributed by atoms with van der Waals surface area (Å²) in [4.78, 5) is 26.3. The van der Waals surface area contributed by atoms with E-state index < -0.39 is 0 Å². The van der Waals surface area contributed by atoms with Crippen molar-refractivity contribution in [2.24, 2.45) is 0 Å². The van der Waals surface area contributed by atoms with Crippen LogP contribution in [-0.2, 0) is 11.3 Å². The third-order valence-corrected chi connectivity index (χ3v) is 5.37. The number of carbonyl (C=O) groups excluding carboxylic acids is 2. The molecule has 30 heavy (non-hydrogen) atoms. The molecule has 0 aromatic heterocycles. The first-order valence-electron chi connectivity index (χ1n) is 8.99. The van der Waals surface area contributed by atoms with E-state index in [4.69, 9.17) is 27.9 Å². The first-order chi connectivity index (χ1) is 14.4. The van der Waals surface area contributed by atoms with Gasteiger partial charge in [-0.15, -0.1) is 0 Å². The van der Waals surface area contributed by atoms with Crippen molar-refractivity contribution in [2.75, 3.05) is 16.8 Å². The average molecular weight is 445 g/mol. The Bertz CT molecular complexity index is 1150. The van der Waals surface area contributed by atoms with Crippen molar-refractivity contribution >= 4 is 46.4 Å². The largest absolute Gasteiger partial charge is 0.481 e. The van der Waals surface area contributed by atoms with Crippen molar-refractivity contribution in [3.05, 3.63) is 87.7 Å². The van der Waals surface area contributed by atoms with E-state index in [0.29, 0.717) is 33.3 Å². The van der Waals surface area contributed by atoms with E-state index in [1.807, 2.05) is 0 Å². The van der Waals surface area contributed by atoms with Gasteiger partial charge in [0.2, 0.25) is 0 Å². The van der Waals surface area contributed by atoms with Crippen LogP contribution in [0.2, 0.25) is 10.0 Å². The molecule has 1 aliphatic heterocycles. The lowest BCUT2D eigenvalue weighted by Gasteiger charge is -2.30. The standard InChI is InChI=1S/C22H15Cl2FN2O3/c23-16-7-5-13(9-17(16)24)22(29)26-15-6-8-19-20(10-15)30-12-21(28)27(19)11-14-3-1-2-4-18(14)25/h1-10H,11-12H2,(H,26,29). The molecule has 0 bridgehead atoms. The SMILES string of the molecule is O=C(Nc1ccc2c(c1)OCC(=O)N2Cc1ccccc1F)c1ccc(Cl)c(Cl)c1. The van der Waals surface area contributed by atoms with Crippen LogP contribution in [0.1, 0.15) is 15.9 Å². The van der Waals surface area contributed by atoms with Crippen molar-refractivity contribution in [1.82, 2.24) is 0 Å². The van der Waals surface area contributed by atoms with E-state index in [0.717, 1.165) is 0 Å². The predicted octanol–water partition coefficient (Wildman–Crippen LogP) is 5.31. The maximum atomic E-state index is 14.0. The van der Waals surface area contributed by atoms with Gasteiger partial charge in [0.1, 0.15) is 11.6 Å². The highest BCUT2D eigenvalue weighted by Gasteiger charge is 2.26. The van der Waals surface area contributed by atoms with Crippen LogP contribution in [0.5, 0.6) is 5.75 Å². The van der Waals surface area contributed by atoms with E-state index in [2.05, 4.69) is 5.32 Å². The van der Waals surface area contributed by atoms with Gasteiger partial charge in [0.25, 0.3) is 11.8 Å². The summed E-state index contributed by atoms with van der Waals surface area (Å²) in [7, 11) is 0. The Morgan fingerprint density at radius 1 is 1.07 bits per heavy atom. The van der Waals surface area contributed by atoms with Crippen molar-refractivity contribution < 1.29 is 18.7 Å². The molecule has 1 aliphatic rings. The average Bonchev–Trinajstić information content (AvgIpc) is 2.73. The topological polar surface area (TPSA) is 58.6 Å². The second-order valence-electron chi connectivity index (χ2n) is 6.63. The fourth-order valence-electron chi connectivity index (χ4n) is 3.09. The molecule has 5 nitrogen and oxygen atoms in total. The van der Waals surface area contributed by atoms with Crippen LogP contribution >= 0.6 is 23.2 Å². The number of hydrogen-bond acceptors (Lipinski definition) is 3. The van der Waals surface area contributed by atoms with Gasteiger partial charge < -0.3 is 15.0 Å². The smallest absolute Gasteiger partial charge is 0.265 e. The lowest BCUT2D eigenvalue weighted by Crippen LogP contribution is -2.38. The van der Waals surface area contributed by atoms with Crippen LogP contribution in [-0.4, -0.2) is 18.4 Å². The van der Waals surface area contributed by atoms with Gasteiger partial charge in [-0.25, -0.2) is 4.39 Å². The third-order valence-electron chi connectivity index (χ3n) is 4.63. The quantitative estimate of drug-likeness (QED) is 0.592. The molecule has 0 radical (unpaired) electrons. The molecule has 4 rings (SSSR count). The van der Waals surface area contributed by atoms with Gasteiger partial charge >= 0.3 is 0 Å². The molecule has 0 aliphatic carbocycles. The minimum atomic E-state index is -0.385. The Morgan fingerprint density at radius 2 is 1.87 bits per heavy atom. The number of carbonyl (C=O) groups is 2. The maximum absolute atomic E-state index is 14.0. The van der Waals surface area contributed by atoms with E-state index in [1.165, 1.54) is 17.0 Å². The zero-order chi connectivity index (χ0) is 21.3. The Balaban J connectivity index is 1.57. The summed E-state index contributed by atoms with van der Waals surface area (Å²) in [6, 6.07) is 15.8. The molecule has 8 heteroatoms. The van der Waals surface area contributed by atoms with Crippen molar-refractivity contribution in [3.63, 3.8) is 0 Å². The molecular weight excluding hydrogens is 430 g/mol. The Labute approximate surface area is 182 Å². The molecular formula is C22H15Cl2FN2O3. The highest BCUT2D eigenvalue weighted by molar-refractivity contribution is 6.42. The fourth-order valence-corrected chi connectivity index (χ4v) is 3.39. The summed E-state index contributed by atoms with van der Waals surface area (Å²) in [6.07, 6.45) is 0. The number of nitrogens with zero attached hydrogens (tertiary/aromatic N) is 1. The van der Waals surface area contributed by atoms with Gasteiger partial charge in [0.15, 0.2) is 6.61 Å². The molecule has 0 saturated heterocycles. The molecule has 0 saturated carbocycles. The summed E-state index contributed by atoms with van der Waals surface area (Å²) in [5.41, 5.74) is 1.72. The highest BCUT2D eigenvalue weighted by atomic mass is 35.5. The number of halogens is 3. The number of anilines is 2. The van der Waals surface area contributed by atoms with Crippen LogP contribution in [0.25, 0.3) is 0 Å². The molecule has 0 spiro atoms. The first-order valence-corrected chi connectivity index (χ1v) is 9.75. The van der Waals surface area contributed by atoms with Crippen molar-refractivity contribution in [1.29, 1.82) is 0 Å². The Morgan fingerprint density at radius 3 is 2.63 bits per heavy atom. The van der Waals surface area contributed by atoms with Crippen LogP contribution < -0.4 is 15.0 Å². The van der Waals surface area contributed by atoms with Crippen LogP contribution in [0.15, 0.2) is 60.7 Å². The monoisotopic (exact) mass is 444 g/mol. The lowest BCUT2D eigenvalue weighted by molar-refractivity contribution is -0.121. The minimum Gasteiger partial charge on any atom is -0.481 e. The lowest BCUT2D eigenvalue weighted by atomic mass is 10.1. The minimum absolute atomic E-state index is 0.0802. The molecule has 0 fully saturated rings. The normalized spacial score (nSPS) is 12.9. The second-order valence-corrected chi connectivity index (χ2v) is 7.44. The van der Waals surface area contributed by atoms with Crippen molar-refractivity contribution in [2.45, 2.75) is 6.54 Å². The number of rotatable bonds is 4. The number of fused-ring (bicyclic) bond motifs is 1. The third kappa shape index (κ3) is 4.10. The highest BCUT2D eigenvalue weighted by Crippen LogP contribution is 2.36. The number of ether oxygens (including phenoxy) is 1. The van der Waals surface area contributed by atoms with Crippen molar-refractivity contribution in [3.8, 4) is 5.75 Å². The Kier molecular flexibility index (Phi) is 5.61. The molecule has 3 aromatic rings. The van der Waals surface area contributed by atoms with Gasteiger partial charge in [0, 0.05) is 22.9 Å². The number of nitrogens with one attached hydrogen (secondary N) is 1. The number of amides is 2. The Hall–Kier alpha value is -3.09. The predicted molar refractivity (Wildman–Crippen MR) is 114 cm³/mol. The van der Waals surface area contributed by atoms with Gasteiger partial charge in [-0.2, -0.15) is 0 Å². The van der Waals surface area contributed by atoms with E-state index in [-0.39, 0.29) is 35.8 Å². The van der Waals surface area contributed by atoms with Crippen LogP contribution in [0, 0.1) is 5.82 Å². The zero-order valence-corrected chi connectivity index (χ0v) is 17.0. The summed E-state index contributed by atoms with van der Waals surface area (Å²) >= 11 is 11.8. The molecule has 1 heterocycles. The fraction of sp³-hybridized carbons (Fsp3) is 0.0909. The van der Waals surface area contributed by atoms with E-state index in [1.54, 1.807) is 48.5 Å². The molecule has 152 valence electrons. The molecule has 0 atom stereocenters. The first kappa shape index (κ1) is 20.2. The van der Waals surface area contributed by atoms with Gasteiger partial charge in [-0.3, -0.25) is 9.59 Å². The van der Waals surface area contributed by atoms with Gasteiger partial charge in [-0.05, 0) is 36.4 Å². The van der Waals surface area contributed by atoms with E-state index in [9.17, 15) is 14.0 Å². The summed E-state index contributed by atoms with van der Waals surface area (Å²) in [6.45, 7) is -0.0948. The summed E-state index contributed by atoms with van der Waals surface area (Å²) in [5.74, 6) is -0.622. The molecule has 2 amide bonds. The number of hydrogen-bond donors (Lipinski definition) is 1. The zero-order valence-electron chi connectivity index (χ0n) is 15.5. The number of benzene rings is 3.